The number of hydrogen-bond acceptors (Lipinski definition) is 2. The van der Waals surface area contributed by atoms with E-state index in [0.717, 1.165) is 12.3 Å². The van der Waals surface area contributed by atoms with E-state index in [-0.39, 0.29) is 11.6 Å². The molecule has 108 valence electrons. The summed E-state index contributed by atoms with van der Waals surface area (Å²) in [7, 11) is 0. The zero-order valence-corrected chi connectivity index (χ0v) is 12.7. The average Bonchev–Trinajstić information content (AvgIpc) is 3.21. The maximum absolute atomic E-state index is 11.8. The molecule has 0 amide bonds. The van der Waals surface area contributed by atoms with Crippen LogP contribution >= 0.6 is 0 Å². The first-order chi connectivity index (χ1) is 9.42. The summed E-state index contributed by atoms with van der Waals surface area (Å²) < 4.78 is 5.39. The number of carbonyl (C=O) groups excluding carboxylic acids is 1. The monoisotopic (exact) mass is 272 g/mol. The normalized spacial score (nSPS) is 25.4. The van der Waals surface area contributed by atoms with Gasteiger partial charge in [-0.2, -0.15) is 0 Å². The van der Waals surface area contributed by atoms with Gasteiger partial charge in [0.05, 0.1) is 0 Å². The predicted octanol–water partition coefficient (Wildman–Crippen LogP) is 4.40. The Hall–Kier alpha value is -1.31. The fraction of sp³-hybridized carbons (Fsp3) is 0.611. The van der Waals surface area contributed by atoms with Gasteiger partial charge in [0.25, 0.3) is 0 Å². The largest absolute Gasteiger partial charge is 0.460 e. The molecule has 1 aromatic rings. The minimum absolute atomic E-state index is 0.0559. The van der Waals surface area contributed by atoms with Crippen LogP contribution in [0.1, 0.15) is 69.4 Å². The number of hydrogen-bond donors (Lipinski definition) is 0. The Morgan fingerprint density at radius 2 is 1.75 bits per heavy atom. The van der Waals surface area contributed by atoms with Gasteiger partial charge in [-0.1, -0.05) is 24.3 Å². The summed E-state index contributed by atoms with van der Waals surface area (Å²) in [5, 5.41) is 0. The molecule has 0 aliphatic heterocycles. The average molecular weight is 272 g/mol. The van der Waals surface area contributed by atoms with Crippen molar-refractivity contribution in [2.75, 3.05) is 0 Å². The fourth-order valence-electron chi connectivity index (χ4n) is 2.91. The molecule has 2 heteroatoms. The van der Waals surface area contributed by atoms with Gasteiger partial charge in [0.1, 0.15) is 5.60 Å². The topological polar surface area (TPSA) is 26.3 Å². The van der Waals surface area contributed by atoms with Gasteiger partial charge in [-0.25, -0.2) is 0 Å². The maximum atomic E-state index is 11.8. The lowest BCUT2D eigenvalue weighted by molar-refractivity contribution is -0.155. The van der Waals surface area contributed by atoms with Crippen molar-refractivity contribution < 1.29 is 9.53 Å². The zero-order chi connectivity index (χ0) is 14.3. The van der Waals surface area contributed by atoms with Gasteiger partial charge in [-0.05, 0) is 68.9 Å². The van der Waals surface area contributed by atoms with Crippen molar-refractivity contribution in [1.29, 1.82) is 0 Å². The predicted molar refractivity (Wildman–Crippen MR) is 79.7 cm³/mol. The first-order valence-corrected chi connectivity index (χ1v) is 7.74. The Labute approximate surface area is 121 Å². The second-order valence-electron chi connectivity index (χ2n) is 7.33. The summed E-state index contributed by atoms with van der Waals surface area (Å²) in [4.78, 5) is 11.8. The molecule has 2 fully saturated rings. The van der Waals surface area contributed by atoms with Gasteiger partial charge in [0, 0.05) is 6.42 Å². The van der Waals surface area contributed by atoms with E-state index in [1.165, 1.54) is 24.0 Å². The Bertz CT molecular complexity index is 491. The van der Waals surface area contributed by atoms with E-state index in [1.807, 2.05) is 20.8 Å². The third kappa shape index (κ3) is 3.41. The van der Waals surface area contributed by atoms with Gasteiger partial charge in [-0.3, -0.25) is 4.79 Å². The van der Waals surface area contributed by atoms with Gasteiger partial charge in [0.2, 0.25) is 0 Å². The van der Waals surface area contributed by atoms with Crippen LogP contribution in [0.5, 0.6) is 0 Å². The molecule has 0 unspecified atom stereocenters. The van der Waals surface area contributed by atoms with Crippen LogP contribution in [0.15, 0.2) is 24.3 Å². The van der Waals surface area contributed by atoms with Crippen molar-refractivity contribution in [3.05, 3.63) is 35.4 Å². The van der Waals surface area contributed by atoms with Crippen molar-refractivity contribution >= 4 is 5.97 Å². The quantitative estimate of drug-likeness (QED) is 0.759. The van der Waals surface area contributed by atoms with Crippen molar-refractivity contribution in [3.63, 3.8) is 0 Å². The van der Waals surface area contributed by atoms with Gasteiger partial charge in [-0.15, -0.1) is 0 Å². The molecule has 0 N–H and O–H groups in total. The molecule has 2 saturated carbocycles. The summed E-state index contributed by atoms with van der Waals surface area (Å²) in [5.41, 5.74) is 2.51. The number of esters is 1. The summed E-state index contributed by atoms with van der Waals surface area (Å²) in [5.74, 6) is 1.81. The molecule has 0 saturated heterocycles. The molecule has 0 heterocycles. The SMILES string of the molecule is CC(C)(C)OC(=O)C[C@H]1C[C@@H]1c1ccc(C2CC2)cc1. The van der Waals surface area contributed by atoms with Crippen molar-refractivity contribution in [3.8, 4) is 0 Å². The van der Waals surface area contributed by atoms with Crippen molar-refractivity contribution in [2.45, 2.75) is 63.9 Å². The molecule has 2 aliphatic rings. The number of rotatable bonds is 4. The van der Waals surface area contributed by atoms with Crippen LogP contribution in [-0.2, 0) is 9.53 Å². The summed E-state index contributed by atoms with van der Waals surface area (Å²) in [6.45, 7) is 5.77. The third-order valence-electron chi connectivity index (χ3n) is 4.18. The highest BCUT2D eigenvalue weighted by Gasteiger charge is 2.40. The first kappa shape index (κ1) is 13.7. The molecule has 20 heavy (non-hydrogen) atoms. The lowest BCUT2D eigenvalue weighted by Gasteiger charge is -2.19. The highest BCUT2D eigenvalue weighted by molar-refractivity contribution is 5.71. The minimum atomic E-state index is -0.368. The van der Waals surface area contributed by atoms with Crippen LogP contribution in [0.25, 0.3) is 0 Å². The van der Waals surface area contributed by atoms with E-state index >= 15 is 0 Å². The Balaban J connectivity index is 1.52. The molecular formula is C18H24O2. The molecular weight excluding hydrogens is 248 g/mol. The van der Waals surface area contributed by atoms with Gasteiger partial charge < -0.3 is 4.74 Å². The van der Waals surface area contributed by atoms with E-state index in [2.05, 4.69) is 24.3 Å². The van der Waals surface area contributed by atoms with Crippen LogP contribution in [0.2, 0.25) is 0 Å². The molecule has 0 aromatic heterocycles. The maximum Gasteiger partial charge on any atom is 0.306 e. The molecule has 0 bridgehead atoms. The van der Waals surface area contributed by atoms with Crippen LogP contribution in [-0.4, -0.2) is 11.6 Å². The third-order valence-corrected chi connectivity index (χ3v) is 4.18. The Morgan fingerprint density at radius 1 is 1.15 bits per heavy atom. The number of carbonyl (C=O) groups is 1. The summed E-state index contributed by atoms with van der Waals surface area (Å²) in [6, 6.07) is 9.06. The standard InChI is InChI=1S/C18H24O2/c1-18(2,3)20-17(19)11-15-10-16(15)14-8-6-13(7-9-14)12-4-5-12/h6-9,12,15-16H,4-5,10-11H2,1-3H3/t15-,16-/m1/s1. The van der Waals surface area contributed by atoms with Crippen LogP contribution in [0, 0.1) is 5.92 Å². The second-order valence-corrected chi connectivity index (χ2v) is 7.33. The fourth-order valence-corrected chi connectivity index (χ4v) is 2.91. The Kier molecular flexibility index (Phi) is 3.35. The molecule has 2 nitrogen and oxygen atoms in total. The lowest BCUT2D eigenvalue weighted by atomic mass is 10.0. The highest BCUT2D eigenvalue weighted by Crippen LogP contribution is 2.50. The smallest absolute Gasteiger partial charge is 0.306 e. The molecule has 1 aromatic carbocycles. The van der Waals surface area contributed by atoms with E-state index in [1.54, 1.807) is 0 Å². The molecule has 0 radical (unpaired) electrons. The van der Waals surface area contributed by atoms with Crippen LogP contribution in [0.4, 0.5) is 0 Å². The lowest BCUT2D eigenvalue weighted by Crippen LogP contribution is -2.24. The molecule has 2 aliphatic carbocycles. The van der Waals surface area contributed by atoms with Crippen LogP contribution < -0.4 is 0 Å². The van der Waals surface area contributed by atoms with E-state index in [4.69, 9.17) is 4.74 Å². The minimum Gasteiger partial charge on any atom is -0.460 e. The summed E-state index contributed by atoms with van der Waals surface area (Å²) >= 11 is 0. The number of ether oxygens (including phenoxy) is 1. The van der Waals surface area contributed by atoms with Gasteiger partial charge in [0.15, 0.2) is 0 Å². The number of benzene rings is 1. The summed E-state index contributed by atoms with van der Waals surface area (Å²) in [6.07, 6.45) is 4.39. The first-order valence-electron chi connectivity index (χ1n) is 7.74. The van der Waals surface area contributed by atoms with E-state index < -0.39 is 0 Å². The second kappa shape index (κ2) is 4.91. The van der Waals surface area contributed by atoms with Crippen molar-refractivity contribution in [2.24, 2.45) is 5.92 Å². The molecule has 3 rings (SSSR count). The molecule has 0 spiro atoms. The highest BCUT2D eigenvalue weighted by atomic mass is 16.6. The van der Waals surface area contributed by atoms with E-state index in [9.17, 15) is 4.79 Å². The van der Waals surface area contributed by atoms with Crippen molar-refractivity contribution in [1.82, 2.24) is 0 Å². The Morgan fingerprint density at radius 3 is 2.30 bits per heavy atom. The molecule has 2 atom stereocenters. The van der Waals surface area contributed by atoms with Gasteiger partial charge >= 0.3 is 5.97 Å². The zero-order valence-electron chi connectivity index (χ0n) is 12.7. The van der Waals surface area contributed by atoms with Crippen LogP contribution in [0.3, 0.4) is 0 Å². The van der Waals surface area contributed by atoms with E-state index in [0.29, 0.717) is 18.3 Å².